The van der Waals surface area contributed by atoms with E-state index < -0.39 is 4.92 Å². The van der Waals surface area contributed by atoms with Gasteiger partial charge >= 0.3 is 0 Å². The summed E-state index contributed by atoms with van der Waals surface area (Å²) in [6.07, 6.45) is 1.63. The van der Waals surface area contributed by atoms with Crippen molar-refractivity contribution in [3.05, 3.63) is 91.4 Å². The predicted molar refractivity (Wildman–Crippen MR) is 106 cm³/mol. The average Bonchev–Trinajstić information content (AvgIpc) is 3.38. The van der Waals surface area contributed by atoms with Crippen LogP contribution in [0.3, 0.4) is 0 Å². The van der Waals surface area contributed by atoms with E-state index in [4.69, 9.17) is 4.42 Å². The third-order valence-corrected chi connectivity index (χ3v) is 5.38. The summed E-state index contributed by atoms with van der Waals surface area (Å²) in [5, 5.41) is 11.2. The number of benzene rings is 2. The van der Waals surface area contributed by atoms with Crippen molar-refractivity contribution in [2.24, 2.45) is 0 Å². The van der Waals surface area contributed by atoms with E-state index in [1.807, 2.05) is 24.3 Å². The van der Waals surface area contributed by atoms with E-state index in [2.05, 4.69) is 4.98 Å². The Morgan fingerprint density at radius 3 is 2.71 bits per heavy atom. The lowest BCUT2D eigenvalue weighted by molar-refractivity contribution is -0.384. The summed E-state index contributed by atoms with van der Waals surface area (Å²) < 4.78 is 7.82. The number of nitro benzene ring substituents is 1. The van der Waals surface area contributed by atoms with Gasteiger partial charge in [-0.15, -0.1) is 0 Å². The molecule has 0 amide bonds. The number of furan rings is 1. The fraction of sp³-hybridized carbons (Fsp3) is 0. The maximum Gasteiger partial charge on any atom is 0.280 e. The molecule has 0 aliphatic heterocycles. The first-order chi connectivity index (χ1) is 13.6. The average molecular weight is 389 g/mol. The van der Waals surface area contributed by atoms with E-state index in [-0.39, 0.29) is 11.2 Å². The molecule has 3 aromatic heterocycles. The van der Waals surface area contributed by atoms with Gasteiger partial charge in [-0.25, -0.2) is 9.38 Å². The quantitative estimate of drug-likeness (QED) is 0.347. The smallest absolute Gasteiger partial charge is 0.280 e. The highest BCUT2D eigenvalue weighted by molar-refractivity contribution is 7.15. The van der Waals surface area contributed by atoms with Crippen molar-refractivity contribution in [1.29, 1.82) is 0 Å². The van der Waals surface area contributed by atoms with E-state index in [9.17, 15) is 14.9 Å². The summed E-state index contributed by atoms with van der Waals surface area (Å²) in [4.78, 5) is 28.7. The van der Waals surface area contributed by atoms with Gasteiger partial charge in [0.05, 0.1) is 21.5 Å². The second-order valence-electron chi connectivity index (χ2n) is 6.11. The second kappa shape index (κ2) is 6.14. The first-order valence-corrected chi connectivity index (χ1v) is 9.19. The zero-order valence-electron chi connectivity index (χ0n) is 14.2. The molecule has 0 radical (unpaired) electrons. The van der Waals surface area contributed by atoms with Gasteiger partial charge in [0.1, 0.15) is 16.1 Å². The SMILES string of the molecule is O=c1c(=Cc2ccc(-c3ccccc3[N+](=O)[O-])o2)sc2nc3ccccc3n12. The van der Waals surface area contributed by atoms with Crippen LogP contribution >= 0.6 is 11.3 Å². The topological polar surface area (TPSA) is 90.6 Å². The van der Waals surface area contributed by atoms with Gasteiger partial charge in [0.2, 0.25) is 0 Å². The minimum absolute atomic E-state index is 0.0334. The van der Waals surface area contributed by atoms with Crippen LogP contribution in [0.1, 0.15) is 5.76 Å². The van der Waals surface area contributed by atoms with Crippen LogP contribution in [0, 0.1) is 10.1 Å². The summed E-state index contributed by atoms with van der Waals surface area (Å²) in [5.74, 6) is 0.817. The molecular formula is C20H11N3O4S. The molecule has 0 spiro atoms. The van der Waals surface area contributed by atoms with Crippen LogP contribution in [0.2, 0.25) is 0 Å². The first kappa shape index (κ1) is 16.4. The molecule has 7 nitrogen and oxygen atoms in total. The van der Waals surface area contributed by atoms with Crippen molar-refractivity contribution in [3.63, 3.8) is 0 Å². The van der Waals surface area contributed by atoms with Crippen molar-refractivity contribution in [2.45, 2.75) is 0 Å². The van der Waals surface area contributed by atoms with E-state index >= 15 is 0 Å². The lowest BCUT2D eigenvalue weighted by Gasteiger charge is -1.98. The molecule has 0 fully saturated rings. The van der Waals surface area contributed by atoms with Crippen LogP contribution < -0.4 is 10.1 Å². The van der Waals surface area contributed by atoms with Crippen LogP contribution in [0.4, 0.5) is 5.69 Å². The lowest BCUT2D eigenvalue weighted by Crippen LogP contribution is -2.22. The summed E-state index contributed by atoms with van der Waals surface area (Å²) in [6.45, 7) is 0. The van der Waals surface area contributed by atoms with Crippen molar-refractivity contribution in [1.82, 2.24) is 9.38 Å². The molecule has 5 rings (SSSR count). The van der Waals surface area contributed by atoms with Gasteiger partial charge in [-0.1, -0.05) is 35.6 Å². The van der Waals surface area contributed by atoms with Crippen LogP contribution in [0.15, 0.2) is 69.9 Å². The molecule has 0 saturated carbocycles. The Morgan fingerprint density at radius 1 is 1.07 bits per heavy atom. The minimum Gasteiger partial charge on any atom is -0.456 e. The van der Waals surface area contributed by atoms with Crippen molar-refractivity contribution >= 4 is 39.1 Å². The Labute approximate surface area is 160 Å². The Hall–Kier alpha value is -3.78. The van der Waals surface area contributed by atoms with Crippen molar-refractivity contribution in [3.8, 4) is 11.3 Å². The number of fused-ring (bicyclic) bond motifs is 3. The Morgan fingerprint density at radius 2 is 1.86 bits per heavy atom. The van der Waals surface area contributed by atoms with Crippen LogP contribution in [0.5, 0.6) is 0 Å². The molecule has 8 heteroatoms. The third-order valence-electron chi connectivity index (χ3n) is 4.41. The lowest BCUT2D eigenvalue weighted by atomic mass is 10.1. The Balaban J connectivity index is 1.63. The van der Waals surface area contributed by atoms with E-state index in [0.29, 0.717) is 26.6 Å². The fourth-order valence-corrected chi connectivity index (χ4v) is 4.12. The summed E-state index contributed by atoms with van der Waals surface area (Å²) in [6, 6.07) is 17.2. The number of para-hydroxylation sites is 3. The normalized spacial score (nSPS) is 12.2. The standard InChI is InChI=1S/C20H11N3O4S/c24-19-18(28-20-21-14-6-2-4-8-16(14)22(19)20)11-12-9-10-17(27-12)13-5-1-3-7-15(13)23(25)26/h1-11H. The zero-order chi connectivity index (χ0) is 19.3. The maximum atomic E-state index is 12.8. The highest BCUT2D eigenvalue weighted by atomic mass is 32.1. The number of nitrogens with zero attached hydrogens (tertiary/aromatic N) is 3. The minimum atomic E-state index is -0.448. The number of aromatic nitrogens is 2. The molecule has 0 aliphatic carbocycles. The Bertz CT molecular complexity index is 1480. The van der Waals surface area contributed by atoms with Crippen molar-refractivity contribution < 1.29 is 9.34 Å². The molecule has 5 aromatic rings. The monoisotopic (exact) mass is 389 g/mol. The maximum absolute atomic E-state index is 12.8. The van der Waals surface area contributed by atoms with Gasteiger partial charge in [-0.3, -0.25) is 14.9 Å². The predicted octanol–water partition coefficient (Wildman–Crippen LogP) is 3.63. The Kier molecular flexibility index (Phi) is 3.59. The number of thiazole rings is 1. The molecule has 3 heterocycles. The third kappa shape index (κ3) is 2.50. The molecule has 28 heavy (non-hydrogen) atoms. The molecule has 0 bridgehead atoms. The second-order valence-corrected chi connectivity index (χ2v) is 7.12. The molecule has 0 N–H and O–H groups in total. The zero-order valence-corrected chi connectivity index (χ0v) is 15.1. The van der Waals surface area contributed by atoms with Crippen molar-refractivity contribution in [2.75, 3.05) is 0 Å². The summed E-state index contributed by atoms with van der Waals surface area (Å²) >= 11 is 1.27. The van der Waals surface area contributed by atoms with Crippen LogP contribution in [-0.4, -0.2) is 14.3 Å². The number of hydrogen-bond donors (Lipinski definition) is 0. The molecule has 0 atom stereocenters. The molecule has 0 aliphatic rings. The number of nitro groups is 1. The fourth-order valence-electron chi connectivity index (χ4n) is 3.16. The molecule has 2 aromatic carbocycles. The van der Waals surface area contributed by atoms with Crippen LogP contribution in [0.25, 0.3) is 33.4 Å². The van der Waals surface area contributed by atoms with E-state index in [1.165, 1.54) is 17.4 Å². The number of rotatable bonds is 3. The molecule has 0 unspecified atom stereocenters. The van der Waals surface area contributed by atoms with E-state index in [1.54, 1.807) is 40.8 Å². The molecule has 0 saturated heterocycles. The largest absolute Gasteiger partial charge is 0.456 e. The van der Waals surface area contributed by atoms with Gasteiger partial charge in [0.15, 0.2) is 4.96 Å². The number of hydrogen-bond acceptors (Lipinski definition) is 6. The highest BCUT2D eigenvalue weighted by Crippen LogP contribution is 2.31. The van der Waals surface area contributed by atoms with Gasteiger partial charge in [0.25, 0.3) is 11.2 Å². The van der Waals surface area contributed by atoms with Gasteiger partial charge in [-0.05, 0) is 30.3 Å². The van der Waals surface area contributed by atoms with Gasteiger partial charge < -0.3 is 4.42 Å². The number of imidazole rings is 1. The molecular weight excluding hydrogens is 378 g/mol. The highest BCUT2D eigenvalue weighted by Gasteiger charge is 2.17. The van der Waals surface area contributed by atoms with Gasteiger partial charge in [-0.2, -0.15) is 0 Å². The summed E-state index contributed by atoms with van der Waals surface area (Å²) in [7, 11) is 0. The first-order valence-electron chi connectivity index (χ1n) is 8.37. The van der Waals surface area contributed by atoms with Crippen LogP contribution in [-0.2, 0) is 0 Å². The van der Waals surface area contributed by atoms with E-state index in [0.717, 1.165) is 11.0 Å². The summed E-state index contributed by atoms with van der Waals surface area (Å²) in [5.41, 5.74) is 1.72. The molecule has 136 valence electrons. The van der Waals surface area contributed by atoms with Gasteiger partial charge in [0, 0.05) is 12.1 Å².